The molecule has 220 valence electrons. The lowest BCUT2D eigenvalue weighted by molar-refractivity contribution is -0.323. The van der Waals surface area contributed by atoms with E-state index in [1.54, 1.807) is 0 Å². The van der Waals surface area contributed by atoms with Crippen molar-refractivity contribution in [3.63, 3.8) is 0 Å². The Morgan fingerprint density at radius 3 is 2.03 bits per heavy atom. The fourth-order valence-electron chi connectivity index (χ4n) is 4.33. The molecule has 1 heterocycles. The van der Waals surface area contributed by atoms with Gasteiger partial charge in [0, 0.05) is 0 Å². The van der Waals surface area contributed by atoms with E-state index in [2.05, 4.69) is 6.92 Å². The van der Waals surface area contributed by atoms with Crippen molar-refractivity contribution in [1.29, 1.82) is 0 Å². The minimum atomic E-state index is -1.88. The molecule has 37 heavy (non-hydrogen) atoms. The van der Waals surface area contributed by atoms with Crippen LogP contribution >= 0.6 is 0 Å². The Labute approximate surface area is 220 Å². The summed E-state index contributed by atoms with van der Waals surface area (Å²) in [6.07, 6.45) is -0.683. The first-order valence-corrected chi connectivity index (χ1v) is 13.7. The van der Waals surface area contributed by atoms with Gasteiger partial charge in [-0.05, 0) is 19.3 Å². The third-order valence-corrected chi connectivity index (χ3v) is 6.69. The predicted molar refractivity (Wildman–Crippen MR) is 135 cm³/mol. The molecular formula is C26H50O11. The molecule has 11 nitrogen and oxygen atoms in total. The fourth-order valence-corrected chi connectivity index (χ4v) is 4.33. The van der Waals surface area contributed by atoms with Crippen molar-refractivity contribution in [3.8, 4) is 0 Å². The monoisotopic (exact) mass is 538 g/mol. The molecule has 1 aliphatic heterocycles. The Morgan fingerprint density at radius 1 is 0.838 bits per heavy atom. The van der Waals surface area contributed by atoms with Crippen LogP contribution in [0.1, 0.15) is 84.5 Å². The Morgan fingerprint density at radius 2 is 1.46 bits per heavy atom. The van der Waals surface area contributed by atoms with Crippen LogP contribution in [0.5, 0.6) is 0 Å². The standard InChI is InChI=1S/C26H50O11/c1-3-5-6-7-8-9-10-11-13-17(12-4-2)35-16-19(30)21(31)25(18(29)14-27)37-26-24(34)23(33)22(32)20(15-28)36-26/h16-18,20-34H,3-15H2,1-2H3/b19-16+/t17?,18?,20?,21?,22-,23?,24?,25-,26-/m1/s1. The van der Waals surface area contributed by atoms with Crippen LogP contribution in [-0.2, 0) is 14.2 Å². The molecule has 1 saturated heterocycles. The maximum Gasteiger partial charge on any atom is 0.187 e. The van der Waals surface area contributed by atoms with Gasteiger partial charge in [0.2, 0.25) is 0 Å². The van der Waals surface area contributed by atoms with Gasteiger partial charge in [-0.3, -0.25) is 0 Å². The van der Waals surface area contributed by atoms with Crippen molar-refractivity contribution in [2.45, 2.75) is 140 Å². The summed E-state index contributed by atoms with van der Waals surface area (Å²) in [7, 11) is 0. The summed E-state index contributed by atoms with van der Waals surface area (Å²) in [6.45, 7) is 2.66. The molecule has 1 rings (SSSR count). The van der Waals surface area contributed by atoms with Gasteiger partial charge < -0.3 is 55.1 Å². The van der Waals surface area contributed by atoms with Crippen LogP contribution in [0.15, 0.2) is 12.0 Å². The van der Waals surface area contributed by atoms with Gasteiger partial charge in [0.15, 0.2) is 12.0 Å². The first kappa shape index (κ1) is 34.0. The molecule has 0 aromatic heterocycles. The van der Waals surface area contributed by atoms with Crippen LogP contribution in [-0.4, -0.2) is 109 Å². The smallest absolute Gasteiger partial charge is 0.187 e. The van der Waals surface area contributed by atoms with Gasteiger partial charge in [-0.2, -0.15) is 0 Å². The average Bonchev–Trinajstić information content (AvgIpc) is 2.90. The molecule has 0 bridgehead atoms. The van der Waals surface area contributed by atoms with Gasteiger partial charge in [-0.1, -0.05) is 65.2 Å². The first-order valence-electron chi connectivity index (χ1n) is 13.7. The number of hydrogen-bond donors (Lipinski definition) is 8. The molecule has 0 spiro atoms. The average molecular weight is 539 g/mol. The molecule has 0 radical (unpaired) electrons. The third-order valence-electron chi connectivity index (χ3n) is 6.69. The van der Waals surface area contributed by atoms with Crippen LogP contribution in [0.25, 0.3) is 0 Å². The fraction of sp³-hybridized carbons (Fsp3) is 0.923. The molecular weight excluding hydrogens is 488 g/mol. The lowest BCUT2D eigenvalue weighted by Crippen LogP contribution is -2.61. The quantitative estimate of drug-likeness (QED) is 0.0815. The number of aliphatic hydroxyl groups is 8. The summed E-state index contributed by atoms with van der Waals surface area (Å²) < 4.78 is 16.3. The van der Waals surface area contributed by atoms with Crippen LogP contribution in [0.2, 0.25) is 0 Å². The number of ether oxygens (including phenoxy) is 3. The lowest BCUT2D eigenvalue weighted by atomic mass is 9.99. The Bertz CT molecular complexity index is 603. The molecule has 1 aliphatic rings. The molecule has 6 unspecified atom stereocenters. The molecule has 0 aromatic rings. The normalized spacial score (nSPS) is 28.0. The highest BCUT2D eigenvalue weighted by atomic mass is 16.7. The van der Waals surface area contributed by atoms with Crippen molar-refractivity contribution >= 4 is 0 Å². The Hall–Kier alpha value is -1.02. The van der Waals surface area contributed by atoms with E-state index in [9.17, 15) is 40.9 Å². The number of unbranched alkanes of at least 4 members (excludes halogenated alkanes) is 7. The molecule has 0 saturated carbocycles. The van der Waals surface area contributed by atoms with Gasteiger partial charge in [-0.25, -0.2) is 0 Å². The largest absolute Gasteiger partial charge is 0.506 e. The van der Waals surface area contributed by atoms with Crippen LogP contribution < -0.4 is 0 Å². The van der Waals surface area contributed by atoms with Crippen molar-refractivity contribution < 1.29 is 55.1 Å². The third kappa shape index (κ3) is 11.7. The van der Waals surface area contributed by atoms with Gasteiger partial charge in [0.1, 0.15) is 49.0 Å². The minimum absolute atomic E-state index is 0.174. The molecule has 1 fully saturated rings. The number of rotatable bonds is 20. The highest BCUT2D eigenvalue weighted by Crippen LogP contribution is 2.25. The highest BCUT2D eigenvalue weighted by molar-refractivity contribution is 5.01. The van der Waals surface area contributed by atoms with E-state index < -0.39 is 68.0 Å². The highest BCUT2D eigenvalue weighted by Gasteiger charge is 2.46. The van der Waals surface area contributed by atoms with E-state index in [1.165, 1.54) is 38.5 Å². The van der Waals surface area contributed by atoms with E-state index in [4.69, 9.17) is 14.2 Å². The van der Waals surface area contributed by atoms with Crippen LogP contribution in [0, 0.1) is 0 Å². The number of hydrogen-bond acceptors (Lipinski definition) is 11. The first-order chi connectivity index (χ1) is 17.7. The molecule has 8 N–H and O–H groups in total. The second-order valence-electron chi connectivity index (χ2n) is 9.85. The molecule has 0 amide bonds. The summed E-state index contributed by atoms with van der Waals surface area (Å²) >= 11 is 0. The Kier molecular flexibility index (Phi) is 17.6. The summed E-state index contributed by atoms with van der Waals surface area (Å²) in [5, 5.41) is 80.0. The second kappa shape index (κ2) is 19.1. The summed E-state index contributed by atoms with van der Waals surface area (Å²) in [4.78, 5) is 0. The summed E-state index contributed by atoms with van der Waals surface area (Å²) in [6, 6.07) is 0. The zero-order valence-electron chi connectivity index (χ0n) is 22.3. The van der Waals surface area contributed by atoms with Gasteiger partial charge in [0.25, 0.3) is 0 Å². The van der Waals surface area contributed by atoms with E-state index in [-0.39, 0.29) is 6.10 Å². The lowest BCUT2D eigenvalue weighted by Gasteiger charge is -2.41. The van der Waals surface area contributed by atoms with Crippen LogP contribution in [0.4, 0.5) is 0 Å². The van der Waals surface area contributed by atoms with E-state index in [1.807, 2.05) is 6.92 Å². The molecule has 0 aromatic carbocycles. The van der Waals surface area contributed by atoms with Crippen molar-refractivity contribution in [1.82, 2.24) is 0 Å². The zero-order chi connectivity index (χ0) is 27.8. The predicted octanol–water partition coefficient (Wildman–Crippen LogP) is 1.00. The second-order valence-corrected chi connectivity index (χ2v) is 9.85. The molecule has 9 atom stereocenters. The Balaban J connectivity index is 2.71. The van der Waals surface area contributed by atoms with Gasteiger partial charge >= 0.3 is 0 Å². The molecule has 0 aliphatic carbocycles. The SMILES string of the molecule is CCCCCCCCCCC(CCC)O/C=C(/O)C(O)[C@H](O[C@H]1OC(CO)[C@@H](O)C(O)C1O)C(O)CO. The van der Waals surface area contributed by atoms with Gasteiger partial charge in [0.05, 0.1) is 19.3 Å². The minimum Gasteiger partial charge on any atom is -0.506 e. The van der Waals surface area contributed by atoms with E-state index in [0.29, 0.717) is 0 Å². The van der Waals surface area contributed by atoms with Crippen molar-refractivity contribution in [3.05, 3.63) is 12.0 Å². The summed E-state index contributed by atoms with van der Waals surface area (Å²) in [5.74, 6) is -0.667. The zero-order valence-corrected chi connectivity index (χ0v) is 22.3. The van der Waals surface area contributed by atoms with Crippen molar-refractivity contribution in [2.75, 3.05) is 13.2 Å². The van der Waals surface area contributed by atoms with E-state index >= 15 is 0 Å². The molecule has 11 heteroatoms. The number of aliphatic hydroxyl groups excluding tert-OH is 8. The summed E-state index contributed by atoms with van der Waals surface area (Å²) in [5.41, 5.74) is 0. The topological polar surface area (TPSA) is 190 Å². The van der Waals surface area contributed by atoms with E-state index in [0.717, 1.165) is 38.4 Å². The van der Waals surface area contributed by atoms with Gasteiger partial charge in [-0.15, -0.1) is 0 Å². The van der Waals surface area contributed by atoms with Crippen LogP contribution in [0.3, 0.4) is 0 Å². The maximum absolute atomic E-state index is 10.6. The van der Waals surface area contributed by atoms with Crippen molar-refractivity contribution in [2.24, 2.45) is 0 Å². The maximum atomic E-state index is 10.6.